The molecule has 0 spiro atoms. The fourth-order valence-electron chi connectivity index (χ4n) is 3.33. The van der Waals surface area contributed by atoms with Gasteiger partial charge in [0.1, 0.15) is 0 Å². The summed E-state index contributed by atoms with van der Waals surface area (Å²) in [6, 6.07) is 11.4. The maximum atomic E-state index is 12.3. The maximum Gasteiger partial charge on any atom is 0.316 e. The van der Waals surface area contributed by atoms with Crippen LogP contribution in [0.25, 0.3) is 10.8 Å². The number of ether oxygens (including phenoxy) is 2. The monoisotopic (exact) mass is 435 g/mol. The van der Waals surface area contributed by atoms with E-state index in [1.165, 1.54) is 18.9 Å². The van der Waals surface area contributed by atoms with E-state index in [1.54, 1.807) is 4.90 Å². The molecule has 8 heteroatoms. The lowest BCUT2D eigenvalue weighted by Gasteiger charge is -2.30. The molecule has 1 saturated heterocycles. The Kier molecular flexibility index (Phi) is 7.39. The molecule has 0 aromatic heterocycles. The standard InChI is InChI=1S/C21H22ClNO5S/c1-27-21(26)15-8-10-23(11-9-15)18(24)12-28-19(25)13-29-17-7-3-5-14-4-2-6-16(22)20(14)17/h2-7,15H,8-13H2,1H3. The smallest absolute Gasteiger partial charge is 0.316 e. The van der Waals surface area contributed by atoms with Crippen molar-refractivity contribution in [2.75, 3.05) is 32.6 Å². The predicted octanol–water partition coefficient (Wildman–Crippen LogP) is 3.54. The first-order chi connectivity index (χ1) is 14.0. The number of likely N-dealkylation sites (tertiary alicyclic amines) is 1. The average molecular weight is 436 g/mol. The molecular weight excluding hydrogens is 414 g/mol. The second kappa shape index (κ2) is 9.98. The van der Waals surface area contributed by atoms with Crippen LogP contribution in [0.15, 0.2) is 41.3 Å². The van der Waals surface area contributed by atoms with E-state index in [0.29, 0.717) is 31.0 Å². The zero-order valence-corrected chi connectivity index (χ0v) is 17.6. The molecule has 0 saturated carbocycles. The van der Waals surface area contributed by atoms with Crippen molar-refractivity contribution in [3.8, 4) is 0 Å². The number of thioether (sulfide) groups is 1. The van der Waals surface area contributed by atoms with Crippen LogP contribution in [0.1, 0.15) is 12.8 Å². The molecule has 2 aromatic rings. The summed E-state index contributed by atoms with van der Waals surface area (Å²) < 4.78 is 9.88. The Morgan fingerprint density at radius 1 is 1.14 bits per heavy atom. The van der Waals surface area contributed by atoms with Gasteiger partial charge in [0.2, 0.25) is 0 Å². The van der Waals surface area contributed by atoms with Gasteiger partial charge in [-0.2, -0.15) is 0 Å². The van der Waals surface area contributed by atoms with Gasteiger partial charge in [-0.25, -0.2) is 0 Å². The lowest BCUT2D eigenvalue weighted by Crippen LogP contribution is -2.42. The summed E-state index contributed by atoms with van der Waals surface area (Å²) in [5.41, 5.74) is 0. The van der Waals surface area contributed by atoms with Gasteiger partial charge in [-0.15, -0.1) is 11.8 Å². The van der Waals surface area contributed by atoms with Gasteiger partial charge >= 0.3 is 11.9 Å². The Bertz CT molecular complexity index is 906. The Balaban J connectivity index is 1.46. The van der Waals surface area contributed by atoms with Crippen molar-refractivity contribution < 1.29 is 23.9 Å². The molecule has 0 N–H and O–H groups in total. The molecule has 1 amide bonds. The molecule has 154 valence electrons. The van der Waals surface area contributed by atoms with Crippen molar-refractivity contribution in [3.05, 3.63) is 41.4 Å². The van der Waals surface area contributed by atoms with Crippen LogP contribution in [0, 0.1) is 5.92 Å². The first kappa shape index (κ1) is 21.5. The van der Waals surface area contributed by atoms with E-state index < -0.39 is 5.97 Å². The normalized spacial score (nSPS) is 14.6. The molecule has 0 unspecified atom stereocenters. The molecule has 0 bridgehead atoms. The van der Waals surface area contributed by atoms with E-state index in [2.05, 4.69) is 0 Å². The number of amides is 1. The predicted molar refractivity (Wildman–Crippen MR) is 112 cm³/mol. The SMILES string of the molecule is COC(=O)C1CCN(C(=O)COC(=O)CSc2cccc3cccc(Cl)c23)CC1. The summed E-state index contributed by atoms with van der Waals surface area (Å²) in [5.74, 6) is -1.04. The number of carbonyl (C=O) groups is 3. The summed E-state index contributed by atoms with van der Waals surface area (Å²) in [7, 11) is 1.36. The second-order valence-electron chi connectivity index (χ2n) is 6.72. The van der Waals surface area contributed by atoms with Crippen LogP contribution in [0.5, 0.6) is 0 Å². The first-order valence-corrected chi connectivity index (χ1v) is 10.7. The Morgan fingerprint density at radius 2 is 1.83 bits per heavy atom. The highest BCUT2D eigenvalue weighted by Gasteiger charge is 2.28. The zero-order valence-electron chi connectivity index (χ0n) is 16.1. The van der Waals surface area contributed by atoms with Gasteiger partial charge in [-0.3, -0.25) is 14.4 Å². The highest BCUT2D eigenvalue weighted by Crippen LogP contribution is 2.33. The summed E-state index contributed by atoms with van der Waals surface area (Å²) >= 11 is 7.63. The Labute approximate surface area is 178 Å². The molecule has 3 rings (SSSR count). The minimum atomic E-state index is -0.461. The van der Waals surface area contributed by atoms with Crippen LogP contribution in [-0.4, -0.2) is 55.3 Å². The van der Waals surface area contributed by atoms with Gasteiger partial charge < -0.3 is 14.4 Å². The van der Waals surface area contributed by atoms with Crippen molar-refractivity contribution in [1.29, 1.82) is 0 Å². The first-order valence-electron chi connectivity index (χ1n) is 9.31. The Morgan fingerprint density at radius 3 is 2.52 bits per heavy atom. The van der Waals surface area contributed by atoms with Crippen LogP contribution >= 0.6 is 23.4 Å². The Hall–Kier alpha value is -2.25. The van der Waals surface area contributed by atoms with Crippen LogP contribution in [0.4, 0.5) is 0 Å². The van der Waals surface area contributed by atoms with Gasteiger partial charge in [0.15, 0.2) is 6.61 Å². The maximum absolute atomic E-state index is 12.3. The number of rotatable bonds is 6. The van der Waals surface area contributed by atoms with Gasteiger partial charge in [-0.1, -0.05) is 35.9 Å². The second-order valence-corrected chi connectivity index (χ2v) is 8.15. The average Bonchev–Trinajstić information content (AvgIpc) is 2.75. The minimum absolute atomic E-state index is 0.0853. The number of esters is 2. The molecule has 2 aromatic carbocycles. The van der Waals surface area contributed by atoms with E-state index in [-0.39, 0.29) is 30.2 Å². The van der Waals surface area contributed by atoms with Gasteiger partial charge in [0.25, 0.3) is 5.91 Å². The van der Waals surface area contributed by atoms with Crippen molar-refractivity contribution in [1.82, 2.24) is 4.90 Å². The highest BCUT2D eigenvalue weighted by atomic mass is 35.5. The van der Waals surface area contributed by atoms with Gasteiger partial charge in [0.05, 0.1) is 18.8 Å². The van der Waals surface area contributed by atoms with Crippen LogP contribution < -0.4 is 0 Å². The van der Waals surface area contributed by atoms with E-state index in [4.69, 9.17) is 21.1 Å². The summed E-state index contributed by atoms with van der Waals surface area (Å²) in [6.45, 7) is 0.622. The van der Waals surface area contributed by atoms with E-state index >= 15 is 0 Å². The number of fused-ring (bicyclic) bond motifs is 1. The number of nitrogens with zero attached hydrogens (tertiary/aromatic N) is 1. The molecule has 0 radical (unpaired) electrons. The quantitative estimate of drug-likeness (QED) is 0.510. The molecule has 0 atom stereocenters. The molecule has 29 heavy (non-hydrogen) atoms. The molecule has 1 fully saturated rings. The fraction of sp³-hybridized carbons (Fsp3) is 0.381. The van der Waals surface area contributed by atoms with Crippen molar-refractivity contribution in [2.45, 2.75) is 17.7 Å². The fourth-order valence-corrected chi connectivity index (χ4v) is 4.57. The summed E-state index contributed by atoms with van der Waals surface area (Å²) in [6.07, 6.45) is 1.12. The number of carbonyl (C=O) groups excluding carboxylic acids is 3. The molecule has 1 heterocycles. The number of benzene rings is 2. The summed E-state index contributed by atoms with van der Waals surface area (Å²) in [4.78, 5) is 38.4. The lowest BCUT2D eigenvalue weighted by molar-refractivity contribution is -0.152. The van der Waals surface area contributed by atoms with Gasteiger partial charge in [0, 0.05) is 28.4 Å². The van der Waals surface area contributed by atoms with E-state index in [1.807, 2.05) is 36.4 Å². The summed E-state index contributed by atoms with van der Waals surface area (Å²) in [5, 5.41) is 2.53. The third-order valence-corrected chi connectivity index (χ3v) is 6.25. The highest BCUT2D eigenvalue weighted by molar-refractivity contribution is 8.00. The van der Waals surface area contributed by atoms with Crippen molar-refractivity contribution in [2.24, 2.45) is 5.92 Å². The lowest BCUT2D eigenvalue weighted by atomic mass is 9.97. The number of hydrogen-bond donors (Lipinski definition) is 0. The van der Waals surface area contributed by atoms with Crippen LogP contribution in [0.3, 0.4) is 0 Å². The molecule has 6 nitrogen and oxygen atoms in total. The number of hydrogen-bond acceptors (Lipinski definition) is 6. The third kappa shape index (κ3) is 5.42. The number of halogens is 1. The van der Waals surface area contributed by atoms with E-state index in [0.717, 1.165) is 15.7 Å². The zero-order chi connectivity index (χ0) is 20.8. The number of methoxy groups -OCH3 is 1. The molecule has 0 aliphatic carbocycles. The molecule has 1 aliphatic heterocycles. The van der Waals surface area contributed by atoms with Crippen LogP contribution in [0.2, 0.25) is 5.02 Å². The molecule has 1 aliphatic rings. The van der Waals surface area contributed by atoms with Crippen molar-refractivity contribution >= 4 is 52.0 Å². The number of piperidine rings is 1. The topological polar surface area (TPSA) is 72.9 Å². The minimum Gasteiger partial charge on any atom is -0.469 e. The van der Waals surface area contributed by atoms with Gasteiger partial charge in [-0.05, 0) is 30.4 Å². The van der Waals surface area contributed by atoms with E-state index in [9.17, 15) is 14.4 Å². The third-order valence-electron chi connectivity index (χ3n) is 4.90. The van der Waals surface area contributed by atoms with Crippen molar-refractivity contribution in [3.63, 3.8) is 0 Å². The van der Waals surface area contributed by atoms with Crippen LogP contribution in [-0.2, 0) is 23.9 Å². The largest absolute Gasteiger partial charge is 0.469 e. The molecular formula is C21H22ClNO5S.